The van der Waals surface area contributed by atoms with Crippen LogP contribution in [-0.2, 0) is 18.7 Å². The fraction of sp³-hybridized carbons (Fsp3) is 0.857. The van der Waals surface area contributed by atoms with Crippen molar-refractivity contribution in [2.24, 2.45) is 5.92 Å². The van der Waals surface area contributed by atoms with Gasteiger partial charge in [0.25, 0.3) is 0 Å². The largest absolute Gasteiger partial charge is 0.449 e. The molecule has 0 spiro atoms. The molecule has 8 heteroatoms. The maximum absolute atomic E-state index is 10.9. The van der Waals surface area contributed by atoms with E-state index in [2.05, 4.69) is 4.74 Å². The van der Waals surface area contributed by atoms with Crippen LogP contribution < -0.4 is 4.72 Å². The van der Waals surface area contributed by atoms with Gasteiger partial charge >= 0.3 is 15.3 Å². The van der Waals surface area contributed by atoms with E-state index in [9.17, 15) is 13.2 Å². The number of hydrogen-bond acceptors (Lipinski definition) is 5. The lowest BCUT2D eigenvalue weighted by Gasteiger charge is -2.21. The zero-order valence-corrected chi connectivity index (χ0v) is 9.51. The number of rotatable bonds is 3. The van der Waals surface area contributed by atoms with Crippen LogP contribution >= 0.6 is 10.7 Å². The minimum absolute atomic E-state index is 0.182. The van der Waals surface area contributed by atoms with Crippen LogP contribution in [0, 0.1) is 5.92 Å². The van der Waals surface area contributed by atoms with Crippen molar-refractivity contribution < 1.29 is 22.7 Å². The third-order valence-corrected chi connectivity index (χ3v) is 2.64. The predicted molar refractivity (Wildman–Crippen MR) is 52.8 cm³/mol. The standard InChI is InChI=1S/C7H12ClNO5S/c8-15(11,12)9-7(10)14-5-6-1-3-13-4-2-6/h6H,1-5H2,(H,9,10). The van der Waals surface area contributed by atoms with Crippen LogP contribution in [0.1, 0.15) is 12.8 Å². The molecule has 0 bridgehead atoms. The second-order valence-electron chi connectivity index (χ2n) is 3.19. The number of hydrogen-bond donors (Lipinski definition) is 1. The molecule has 0 aromatic rings. The maximum atomic E-state index is 10.9. The molecule has 1 saturated heterocycles. The molecule has 88 valence electrons. The van der Waals surface area contributed by atoms with Gasteiger partial charge in [0.2, 0.25) is 0 Å². The SMILES string of the molecule is O=C(NS(=O)(=O)Cl)OCC1CCOCC1. The Morgan fingerprint density at radius 2 is 2.07 bits per heavy atom. The van der Waals surface area contributed by atoms with E-state index in [4.69, 9.17) is 15.4 Å². The van der Waals surface area contributed by atoms with Crippen molar-refractivity contribution in [2.45, 2.75) is 12.8 Å². The third kappa shape index (κ3) is 5.81. The van der Waals surface area contributed by atoms with Gasteiger partial charge in [0.1, 0.15) is 0 Å². The molecule has 0 unspecified atom stereocenters. The first-order valence-electron chi connectivity index (χ1n) is 4.44. The molecular formula is C7H12ClNO5S. The molecule has 1 aliphatic heterocycles. The summed E-state index contributed by atoms with van der Waals surface area (Å²) in [5, 5.41) is 0. The van der Waals surface area contributed by atoms with Gasteiger partial charge in [-0.15, -0.1) is 0 Å². The maximum Gasteiger partial charge on any atom is 0.421 e. The zero-order valence-electron chi connectivity index (χ0n) is 7.94. The van der Waals surface area contributed by atoms with Crippen molar-refractivity contribution in [3.63, 3.8) is 0 Å². The summed E-state index contributed by atoms with van der Waals surface area (Å²) in [5.41, 5.74) is 0. The average molecular weight is 258 g/mol. The molecule has 1 amide bonds. The quantitative estimate of drug-likeness (QED) is 0.750. The molecule has 1 rings (SSSR count). The Bertz CT molecular complexity index is 311. The van der Waals surface area contributed by atoms with Crippen LogP contribution in [0.3, 0.4) is 0 Å². The molecule has 1 N–H and O–H groups in total. The number of carbonyl (C=O) groups excluding carboxylic acids is 1. The topological polar surface area (TPSA) is 81.7 Å². The minimum Gasteiger partial charge on any atom is -0.449 e. The highest BCUT2D eigenvalue weighted by molar-refractivity contribution is 8.12. The molecule has 1 aliphatic rings. The van der Waals surface area contributed by atoms with E-state index in [0.717, 1.165) is 12.8 Å². The van der Waals surface area contributed by atoms with Gasteiger partial charge in [-0.3, -0.25) is 0 Å². The van der Waals surface area contributed by atoms with Crippen LogP contribution in [0.4, 0.5) is 4.79 Å². The van der Waals surface area contributed by atoms with E-state index < -0.39 is 15.3 Å². The van der Waals surface area contributed by atoms with Crippen LogP contribution in [0.25, 0.3) is 0 Å². The molecule has 0 aromatic carbocycles. The lowest BCUT2D eigenvalue weighted by molar-refractivity contribution is 0.0390. The van der Waals surface area contributed by atoms with E-state index in [1.807, 2.05) is 0 Å². The van der Waals surface area contributed by atoms with Crippen LogP contribution in [0.5, 0.6) is 0 Å². The van der Waals surface area contributed by atoms with Gasteiger partial charge in [-0.25, -0.2) is 9.52 Å². The van der Waals surface area contributed by atoms with E-state index >= 15 is 0 Å². The zero-order chi connectivity index (χ0) is 11.3. The van der Waals surface area contributed by atoms with E-state index in [-0.39, 0.29) is 12.5 Å². The average Bonchev–Trinajstić information content (AvgIpc) is 2.14. The first kappa shape index (κ1) is 12.5. The highest BCUT2D eigenvalue weighted by Crippen LogP contribution is 2.14. The van der Waals surface area contributed by atoms with Crippen LogP contribution in [0.2, 0.25) is 0 Å². The molecule has 0 saturated carbocycles. The molecule has 1 fully saturated rings. The van der Waals surface area contributed by atoms with Gasteiger partial charge in [-0.05, 0) is 18.8 Å². The molecule has 15 heavy (non-hydrogen) atoms. The fourth-order valence-electron chi connectivity index (χ4n) is 1.24. The predicted octanol–water partition coefficient (Wildman–Crippen LogP) is 0.623. The van der Waals surface area contributed by atoms with Gasteiger partial charge in [-0.2, -0.15) is 8.42 Å². The molecule has 6 nitrogen and oxygen atoms in total. The van der Waals surface area contributed by atoms with Gasteiger partial charge in [0, 0.05) is 23.9 Å². The lowest BCUT2D eigenvalue weighted by atomic mass is 10.0. The highest BCUT2D eigenvalue weighted by Gasteiger charge is 2.17. The highest BCUT2D eigenvalue weighted by atomic mass is 35.7. The third-order valence-electron chi connectivity index (χ3n) is 2.00. The second-order valence-corrected chi connectivity index (χ2v) is 5.49. The van der Waals surface area contributed by atoms with Crippen molar-refractivity contribution in [2.75, 3.05) is 19.8 Å². The summed E-state index contributed by atoms with van der Waals surface area (Å²) in [6.07, 6.45) is 0.568. The van der Waals surface area contributed by atoms with Gasteiger partial charge < -0.3 is 9.47 Å². The minimum atomic E-state index is -4.05. The second kappa shape index (κ2) is 5.53. The van der Waals surface area contributed by atoms with Crippen molar-refractivity contribution in [3.8, 4) is 0 Å². The molecule has 0 radical (unpaired) electrons. The van der Waals surface area contributed by atoms with Gasteiger partial charge in [0.15, 0.2) is 0 Å². The summed E-state index contributed by atoms with van der Waals surface area (Å²) < 4.78 is 32.2. The summed E-state index contributed by atoms with van der Waals surface area (Å²) in [6, 6.07) is 0. The number of ether oxygens (including phenoxy) is 2. The number of amides is 1. The molecular weight excluding hydrogens is 246 g/mol. The van der Waals surface area contributed by atoms with Crippen LogP contribution in [-0.4, -0.2) is 34.3 Å². The summed E-state index contributed by atoms with van der Waals surface area (Å²) in [5.74, 6) is 0.225. The summed E-state index contributed by atoms with van der Waals surface area (Å²) in [4.78, 5) is 10.9. The molecule has 0 atom stereocenters. The summed E-state index contributed by atoms with van der Waals surface area (Å²) >= 11 is 0. The summed E-state index contributed by atoms with van der Waals surface area (Å²) in [6.45, 7) is 1.47. The fourth-order valence-corrected chi connectivity index (χ4v) is 1.68. The summed E-state index contributed by atoms with van der Waals surface area (Å²) in [7, 11) is 0.737. The Labute approximate surface area is 92.4 Å². The Morgan fingerprint density at radius 3 is 2.60 bits per heavy atom. The van der Waals surface area contributed by atoms with E-state index in [0.29, 0.717) is 13.2 Å². The number of carbonyl (C=O) groups is 1. The Morgan fingerprint density at radius 1 is 1.47 bits per heavy atom. The van der Waals surface area contributed by atoms with Crippen molar-refractivity contribution in [3.05, 3.63) is 0 Å². The number of nitrogens with one attached hydrogen (secondary N) is 1. The normalized spacial score (nSPS) is 18.5. The van der Waals surface area contributed by atoms with E-state index in [1.165, 1.54) is 4.72 Å². The Balaban J connectivity index is 2.21. The Kier molecular flexibility index (Phi) is 4.62. The molecule has 1 heterocycles. The van der Waals surface area contributed by atoms with Crippen LogP contribution in [0.15, 0.2) is 0 Å². The van der Waals surface area contributed by atoms with Gasteiger partial charge in [0.05, 0.1) is 6.61 Å². The molecule has 0 aliphatic carbocycles. The van der Waals surface area contributed by atoms with Crippen molar-refractivity contribution >= 4 is 26.0 Å². The van der Waals surface area contributed by atoms with Crippen molar-refractivity contribution in [1.29, 1.82) is 0 Å². The van der Waals surface area contributed by atoms with E-state index in [1.54, 1.807) is 0 Å². The Hall–Kier alpha value is -0.530. The lowest BCUT2D eigenvalue weighted by Crippen LogP contribution is -2.30. The molecule has 0 aromatic heterocycles. The monoisotopic (exact) mass is 257 g/mol. The first-order chi connectivity index (χ1) is 6.97. The van der Waals surface area contributed by atoms with Crippen molar-refractivity contribution in [1.82, 2.24) is 4.72 Å². The number of halogens is 1. The van der Waals surface area contributed by atoms with Gasteiger partial charge in [-0.1, -0.05) is 0 Å². The first-order valence-corrected chi connectivity index (χ1v) is 6.75. The smallest absolute Gasteiger partial charge is 0.421 e.